The second-order valence-electron chi connectivity index (χ2n) is 4.06. The summed E-state index contributed by atoms with van der Waals surface area (Å²) in [6.45, 7) is 0. The van der Waals surface area contributed by atoms with Gasteiger partial charge in [0.05, 0.1) is 10.5 Å². The number of carbonyl (C=O) groups is 2. The Labute approximate surface area is 146 Å². The van der Waals surface area contributed by atoms with Gasteiger partial charge in [-0.2, -0.15) is 0 Å². The van der Waals surface area contributed by atoms with Gasteiger partial charge in [-0.25, -0.2) is 0 Å². The van der Waals surface area contributed by atoms with Crippen LogP contribution in [-0.4, -0.2) is 21.7 Å². The number of nitrogens with one attached hydrogen (secondary N) is 3. The fourth-order valence-corrected chi connectivity index (χ4v) is 2.47. The van der Waals surface area contributed by atoms with Crippen molar-refractivity contribution in [2.45, 2.75) is 0 Å². The van der Waals surface area contributed by atoms with Gasteiger partial charge in [0.15, 0.2) is 0 Å². The Morgan fingerprint density at radius 1 is 1.23 bits per heavy atom. The van der Waals surface area contributed by atoms with Crippen molar-refractivity contribution < 1.29 is 14.5 Å². The average Bonchev–Trinajstić information content (AvgIpc) is 2.91. The van der Waals surface area contributed by atoms with Crippen molar-refractivity contribution in [3.8, 4) is 0 Å². The Hall–Kier alpha value is -1.95. The number of carbonyl (C=O) groups excluding carboxylic acids is 2. The van der Waals surface area contributed by atoms with Crippen molar-refractivity contribution in [3.05, 3.63) is 59.9 Å². The zero-order valence-electron chi connectivity index (χ0n) is 10.7. The molecule has 1 heterocycles. The summed E-state index contributed by atoms with van der Waals surface area (Å²) in [5.41, 5.74) is 4.58. The van der Waals surface area contributed by atoms with Gasteiger partial charge in [0.1, 0.15) is 5.69 Å². The molecule has 114 valence electrons. The molecule has 10 heteroatoms. The fraction of sp³-hybridized carbons (Fsp3) is 0. The highest BCUT2D eigenvalue weighted by molar-refractivity contribution is 14.1. The summed E-state index contributed by atoms with van der Waals surface area (Å²) in [6.07, 6.45) is 1.57. The van der Waals surface area contributed by atoms with Crippen LogP contribution >= 0.6 is 38.5 Å². The van der Waals surface area contributed by atoms with Gasteiger partial charge in [-0.1, -0.05) is 0 Å². The maximum Gasteiger partial charge on any atom is 0.286 e. The molecule has 0 saturated carbocycles. The smallest absolute Gasteiger partial charge is 0.286 e. The number of amides is 2. The van der Waals surface area contributed by atoms with Crippen LogP contribution < -0.4 is 10.9 Å². The van der Waals surface area contributed by atoms with Gasteiger partial charge >= 0.3 is 0 Å². The highest BCUT2D eigenvalue weighted by atomic mass is 127. The summed E-state index contributed by atoms with van der Waals surface area (Å²) in [5.74, 6) is -1.19. The second kappa shape index (κ2) is 6.87. The fourth-order valence-electron chi connectivity index (χ4n) is 1.55. The number of benzene rings is 1. The number of nitro groups is 1. The standard InChI is InChI=1S/C12H8BrIN4O4/c13-6-3-10(15-5-6)12(20)17-16-11(19)8-4-7(18(21)22)1-2-9(8)14/h1-5,15H,(H,16,19)(H,17,20). The summed E-state index contributed by atoms with van der Waals surface area (Å²) < 4.78 is 1.22. The van der Waals surface area contributed by atoms with E-state index < -0.39 is 16.7 Å². The molecule has 0 unspecified atom stereocenters. The number of aromatic amines is 1. The lowest BCUT2D eigenvalue weighted by Gasteiger charge is -2.07. The third kappa shape index (κ3) is 3.82. The van der Waals surface area contributed by atoms with E-state index in [0.717, 1.165) is 6.07 Å². The summed E-state index contributed by atoms with van der Waals surface area (Å²) >= 11 is 5.06. The first-order valence-electron chi connectivity index (χ1n) is 5.77. The van der Waals surface area contributed by atoms with Crippen molar-refractivity contribution in [2.75, 3.05) is 0 Å². The first-order chi connectivity index (χ1) is 10.4. The molecule has 2 amide bonds. The van der Waals surface area contributed by atoms with E-state index in [-0.39, 0.29) is 16.9 Å². The van der Waals surface area contributed by atoms with Gasteiger partial charge in [0, 0.05) is 26.4 Å². The molecular formula is C12H8BrIN4O4. The normalized spacial score (nSPS) is 10.1. The molecule has 0 spiro atoms. The Morgan fingerprint density at radius 3 is 2.50 bits per heavy atom. The molecule has 22 heavy (non-hydrogen) atoms. The number of aromatic nitrogens is 1. The van der Waals surface area contributed by atoms with E-state index in [1.807, 2.05) is 22.6 Å². The monoisotopic (exact) mass is 478 g/mol. The van der Waals surface area contributed by atoms with E-state index in [9.17, 15) is 19.7 Å². The molecule has 3 N–H and O–H groups in total. The van der Waals surface area contributed by atoms with Crippen LogP contribution in [0.25, 0.3) is 0 Å². The van der Waals surface area contributed by atoms with E-state index in [1.165, 1.54) is 12.1 Å². The Balaban J connectivity index is 2.08. The number of nitro benzene ring substituents is 1. The number of hydrogen-bond donors (Lipinski definition) is 3. The van der Waals surface area contributed by atoms with Crippen LogP contribution in [0.2, 0.25) is 0 Å². The summed E-state index contributed by atoms with van der Waals surface area (Å²) in [5, 5.41) is 10.7. The number of hydrogen-bond acceptors (Lipinski definition) is 4. The Kier molecular flexibility index (Phi) is 5.13. The van der Waals surface area contributed by atoms with E-state index in [4.69, 9.17) is 0 Å². The zero-order chi connectivity index (χ0) is 16.3. The molecule has 1 aromatic heterocycles. The van der Waals surface area contributed by atoms with Gasteiger partial charge in [-0.3, -0.25) is 30.6 Å². The molecular weight excluding hydrogens is 471 g/mol. The zero-order valence-corrected chi connectivity index (χ0v) is 14.5. The molecule has 0 radical (unpaired) electrons. The molecule has 0 aliphatic carbocycles. The molecule has 0 aliphatic rings. The quantitative estimate of drug-likeness (QED) is 0.356. The van der Waals surface area contributed by atoms with E-state index >= 15 is 0 Å². The van der Waals surface area contributed by atoms with Crippen LogP contribution in [-0.2, 0) is 0 Å². The van der Waals surface area contributed by atoms with Crippen LogP contribution in [0.3, 0.4) is 0 Å². The minimum Gasteiger partial charge on any atom is -0.356 e. The highest BCUT2D eigenvalue weighted by Crippen LogP contribution is 2.19. The molecule has 0 fully saturated rings. The molecule has 2 aromatic rings. The van der Waals surface area contributed by atoms with Gasteiger partial charge in [-0.05, 0) is 50.7 Å². The number of halogens is 2. The van der Waals surface area contributed by atoms with Crippen LogP contribution in [0.1, 0.15) is 20.8 Å². The Morgan fingerprint density at radius 2 is 1.91 bits per heavy atom. The molecule has 8 nitrogen and oxygen atoms in total. The molecule has 1 aromatic carbocycles. The lowest BCUT2D eigenvalue weighted by molar-refractivity contribution is -0.384. The van der Waals surface area contributed by atoms with E-state index in [1.54, 1.807) is 12.3 Å². The van der Waals surface area contributed by atoms with Crippen molar-refractivity contribution in [3.63, 3.8) is 0 Å². The van der Waals surface area contributed by atoms with E-state index in [0.29, 0.717) is 8.04 Å². The van der Waals surface area contributed by atoms with Crippen LogP contribution in [0.5, 0.6) is 0 Å². The van der Waals surface area contributed by atoms with Crippen molar-refractivity contribution in [1.82, 2.24) is 15.8 Å². The molecule has 0 atom stereocenters. The van der Waals surface area contributed by atoms with Crippen LogP contribution in [0.15, 0.2) is 34.9 Å². The van der Waals surface area contributed by atoms with Crippen molar-refractivity contribution >= 4 is 56.0 Å². The minimum atomic E-state index is -0.646. The van der Waals surface area contributed by atoms with Crippen LogP contribution in [0, 0.1) is 13.7 Å². The van der Waals surface area contributed by atoms with Gasteiger partial charge in [-0.15, -0.1) is 0 Å². The third-order valence-corrected chi connectivity index (χ3v) is 3.99. The lowest BCUT2D eigenvalue weighted by Crippen LogP contribution is -2.42. The topological polar surface area (TPSA) is 117 Å². The van der Waals surface area contributed by atoms with Crippen LogP contribution in [0.4, 0.5) is 5.69 Å². The summed E-state index contributed by atoms with van der Waals surface area (Å²) in [7, 11) is 0. The summed E-state index contributed by atoms with van der Waals surface area (Å²) in [4.78, 5) is 36.6. The number of H-pyrrole nitrogens is 1. The molecule has 2 rings (SSSR count). The number of nitrogens with zero attached hydrogens (tertiary/aromatic N) is 1. The highest BCUT2D eigenvalue weighted by Gasteiger charge is 2.16. The predicted molar refractivity (Wildman–Crippen MR) is 89.2 cm³/mol. The molecule has 0 bridgehead atoms. The average molecular weight is 479 g/mol. The first kappa shape index (κ1) is 16.4. The number of hydrazine groups is 1. The maximum absolute atomic E-state index is 12.0. The van der Waals surface area contributed by atoms with Gasteiger partial charge < -0.3 is 4.98 Å². The predicted octanol–water partition coefficient (Wildman–Crippen LogP) is 2.36. The molecule has 0 aliphatic heterocycles. The maximum atomic E-state index is 12.0. The van der Waals surface area contributed by atoms with Crippen molar-refractivity contribution in [1.29, 1.82) is 0 Å². The number of rotatable bonds is 3. The molecule has 0 saturated heterocycles. The SMILES string of the molecule is O=C(NNC(=O)c1cc([N+](=O)[O-])ccc1I)c1cc(Br)c[nH]1. The largest absolute Gasteiger partial charge is 0.356 e. The Bertz CT molecular complexity index is 761. The second-order valence-corrected chi connectivity index (χ2v) is 6.14. The van der Waals surface area contributed by atoms with Crippen molar-refractivity contribution in [2.24, 2.45) is 0 Å². The van der Waals surface area contributed by atoms with E-state index in [2.05, 4.69) is 31.8 Å². The number of non-ortho nitro benzene ring substituents is 1. The summed E-state index contributed by atoms with van der Waals surface area (Å²) in [6, 6.07) is 5.44. The minimum absolute atomic E-state index is 0.0998. The van der Waals surface area contributed by atoms with Gasteiger partial charge in [0.2, 0.25) is 0 Å². The third-order valence-electron chi connectivity index (χ3n) is 2.59. The lowest BCUT2D eigenvalue weighted by atomic mass is 10.2. The van der Waals surface area contributed by atoms with Gasteiger partial charge in [0.25, 0.3) is 17.5 Å². The first-order valence-corrected chi connectivity index (χ1v) is 7.64.